The van der Waals surface area contributed by atoms with Crippen LogP contribution >= 0.6 is 0 Å². The topological polar surface area (TPSA) is 54.4 Å². The Hall–Kier alpha value is -1.20. The summed E-state index contributed by atoms with van der Waals surface area (Å²) in [6, 6.07) is 1.55. The van der Waals surface area contributed by atoms with Gasteiger partial charge in [0.15, 0.2) is 5.82 Å². The summed E-state index contributed by atoms with van der Waals surface area (Å²) in [6.45, 7) is 3.37. The molecular formula is C13H19FN2O2. The first-order valence-corrected chi connectivity index (χ1v) is 6.25. The van der Waals surface area contributed by atoms with Gasteiger partial charge in [-0.2, -0.15) is 0 Å². The Labute approximate surface area is 106 Å². The molecule has 2 heterocycles. The zero-order valence-electron chi connectivity index (χ0n) is 10.7. The molecule has 0 aliphatic carbocycles. The second kappa shape index (κ2) is 5.20. The van der Waals surface area contributed by atoms with Crippen molar-refractivity contribution in [2.24, 2.45) is 5.92 Å². The number of piperidine rings is 1. The Bertz CT molecular complexity index is 427. The van der Waals surface area contributed by atoms with Crippen LogP contribution in [0, 0.1) is 11.7 Å². The first-order chi connectivity index (χ1) is 8.63. The summed E-state index contributed by atoms with van der Waals surface area (Å²) >= 11 is 0. The average Bonchev–Trinajstić information content (AvgIpc) is 2.39. The summed E-state index contributed by atoms with van der Waals surface area (Å²) in [7, 11) is 1.37. The molecule has 1 aliphatic heterocycles. The number of nitrogens with zero attached hydrogens (tertiary/aromatic N) is 1. The molecule has 2 atom stereocenters. The van der Waals surface area contributed by atoms with E-state index in [1.807, 2.05) is 6.92 Å². The molecule has 1 aromatic heterocycles. The smallest absolute Gasteiger partial charge is 0.250 e. The number of rotatable bonds is 3. The Balaban J connectivity index is 2.45. The van der Waals surface area contributed by atoms with Gasteiger partial charge in [-0.1, -0.05) is 6.92 Å². The molecule has 0 aromatic carbocycles. The molecule has 5 heteroatoms. The summed E-state index contributed by atoms with van der Waals surface area (Å²) in [5.74, 6) is -0.620. The van der Waals surface area contributed by atoms with E-state index >= 15 is 0 Å². The van der Waals surface area contributed by atoms with Crippen LogP contribution in [0.3, 0.4) is 0 Å². The van der Waals surface area contributed by atoms with Crippen LogP contribution in [0.4, 0.5) is 4.39 Å². The van der Waals surface area contributed by atoms with Crippen LogP contribution in [0.1, 0.15) is 25.3 Å². The number of hydrogen-bond donors (Lipinski definition) is 2. The maximum atomic E-state index is 14.2. The number of aromatic nitrogens is 1. The fourth-order valence-corrected chi connectivity index (χ4v) is 2.67. The summed E-state index contributed by atoms with van der Waals surface area (Å²) in [5, 5.41) is 14.1. The molecule has 4 nitrogen and oxygen atoms in total. The van der Waals surface area contributed by atoms with Gasteiger partial charge < -0.3 is 15.2 Å². The minimum absolute atomic E-state index is 0.00661. The first-order valence-electron chi connectivity index (χ1n) is 6.25. The summed E-state index contributed by atoms with van der Waals surface area (Å²) in [6.07, 6.45) is 2.76. The minimum Gasteiger partial charge on any atom is -0.479 e. The van der Waals surface area contributed by atoms with Gasteiger partial charge in [0.2, 0.25) is 5.88 Å². The standard InChI is InChI=1S/C13H19FN2O2/c1-3-9-8-15-7-5-13(9,17)10-4-6-16-12(18-2)11(10)14/h4,6,9,15,17H,3,5,7-8H2,1-2H3. The SMILES string of the molecule is CCC1CNCCC1(O)c1ccnc(OC)c1F. The third-order valence-corrected chi connectivity index (χ3v) is 3.76. The predicted octanol–water partition coefficient (Wildman–Crippen LogP) is 1.44. The molecule has 100 valence electrons. The molecule has 0 saturated carbocycles. The van der Waals surface area contributed by atoms with Crippen molar-refractivity contribution < 1.29 is 14.2 Å². The van der Waals surface area contributed by atoms with Crippen LogP contribution in [0.25, 0.3) is 0 Å². The fourth-order valence-electron chi connectivity index (χ4n) is 2.67. The van der Waals surface area contributed by atoms with Gasteiger partial charge in [0, 0.05) is 24.2 Å². The van der Waals surface area contributed by atoms with Crippen molar-refractivity contribution in [3.63, 3.8) is 0 Å². The van der Waals surface area contributed by atoms with Gasteiger partial charge in [-0.3, -0.25) is 0 Å². The second-order valence-electron chi connectivity index (χ2n) is 4.67. The fraction of sp³-hybridized carbons (Fsp3) is 0.615. The van der Waals surface area contributed by atoms with E-state index in [1.165, 1.54) is 13.3 Å². The molecule has 1 fully saturated rings. The van der Waals surface area contributed by atoms with E-state index in [2.05, 4.69) is 10.3 Å². The monoisotopic (exact) mass is 254 g/mol. The normalized spacial score (nSPS) is 28.1. The quantitative estimate of drug-likeness (QED) is 0.857. The summed E-state index contributed by atoms with van der Waals surface area (Å²) < 4.78 is 19.1. The van der Waals surface area contributed by atoms with Crippen LogP contribution < -0.4 is 10.1 Å². The molecule has 2 rings (SSSR count). The van der Waals surface area contributed by atoms with E-state index in [0.717, 1.165) is 6.42 Å². The summed E-state index contributed by atoms with van der Waals surface area (Å²) in [5.41, 5.74) is -0.844. The highest BCUT2D eigenvalue weighted by atomic mass is 19.1. The van der Waals surface area contributed by atoms with Gasteiger partial charge in [0.25, 0.3) is 0 Å². The highest BCUT2D eigenvalue weighted by Gasteiger charge is 2.41. The van der Waals surface area contributed by atoms with Crippen molar-refractivity contribution in [2.45, 2.75) is 25.4 Å². The van der Waals surface area contributed by atoms with E-state index in [1.54, 1.807) is 6.07 Å². The van der Waals surface area contributed by atoms with E-state index in [-0.39, 0.29) is 11.8 Å². The number of hydrogen-bond acceptors (Lipinski definition) is 4. The number of nitrogens with one attached hydrogen (secondary N) is 1. The maximum absolute atomic E-state index is 14.2. The first kappa shape index (κ1) is 13.2. The van der Waals surface area contributed by atoms with Gasteiger partial charge >= 0.3 is 0 Å². The molecule has 0 radical (unpaired) electrons. The van der Waals surface area contributed by atoms with Gasteiger partial charge in [-0.25, -0.2) is 9.37 Å². The number of halogens is 1. The van der Waals surface area contributed by atoms with E-state index in [4.69, 9.17) is 4.74 Å². The molecule has 18 heavy (non-hydrogen) atoms. The Kier molecular flexibility index (Phi) is 3.82. The van der Waals surface area contributed by atoms with Crippen LogP contribution in [-0.2, 0) is 5.60 Å². The molecule has 0 bridgehead atoms. The third-order valence-electron chi connectivity index (χ3n) is 3.76. The van der Waals surface area contributed by atoms with Gasteiger partial charge in [0.1, 0.15) is 0 Å². The Morgan fingerprint density at radius 3 is 3.11 bits per heavy atom. The molecule has 1 aliphatic rings. The van der Waals surface area contributed by atoms with E-state index < -0.39 is 11.4 Å². The Morgan fingerprint density at radius 1 is 1.67 bits per heavy atom. The second-order valence-corrected chi connectivity index (χ2v) is 4.67. The van der Waals surface area contributed by atoms with Gasteiger partial charge in [-0.15, -0.1) is 0 Å². The van der Waals surface area contributed by atoms with Crippen molar-refractivity contribution in [3.8, 4) is 5.88 Å². The van der Waals surface area contributed by atoms with Crippen molar-refractivity contribution in [3.05, 3.63) is 23.6 Å². The lowest BCUT2D eigenvalue weighted by Gasteiger charge is -2.40. The average molecular weight is 254 g/mol. The molecule has 0 amide bonds. The van der Waals surface area contributed by atoms with Crippen molar-refractivity contribution in [1.29, 1.82) is 0 Å². The number of aliphatic hydroxyl groups is 1. The lowest BCUT2D eigenvalue weighted by molar-refractivity contribution is -0.0508. The predicted molar refractivity (Wildman–Crippen MR) is 65.9 cm³/mol. The van der Waals surface area contributed by atoms with Gasteiger partial charge in [-0.05, 0) is 25.5 Å². The largest absolute Gasteiger partial charge is 0.479 e. The third kappa shape index (κ3) is 2.08. The molecule has 0 spiro atoms. The highest BCUT2D eigenvalue weighted by molar-refractivity contribution is 5.30. The Morgan fingerprint density at radius 2 is 2.44 bits per heavy atom. The van der Waals surface area contributed by atoms with E-state index in [9.17, 15) is 9.50 Å². The zero-order chi connectivity index (χ0) is 13.2. The molecule has 2 unspecified atom stereocenters. The van der Waals surface area contributed by atoms with Crippen molar-refractivity contribution in [2.75, 3.05) is 20.2 Å². The van der Waals surface area contributed by atoms with Crippen molar-refractivity contribution in [1.82, 2.24) is 10.3 Å². The number of pyridine rings is 1. The number of ether oxygens (including phenoxy) is 1. The lowest BCUT2D eigenvalue weighted by atomic mass is 9.75. The summed E-state index contributed by atoms with van der Waals surface area (Å²) in [4.78, 5) is 3.81. The highest BCUT2D eigenvalue weighted by Crippen LogP contribution is 2.39. The van der Waals surface area contributed by atoms with Crippen LogP contribution in [-0.4, -0.2) is 30.3 Å². The molecular weight excluding hydrogens is 235 g/mol. The van der Waals surface area contributed by atoms with Crippen molar-refractivity contribution >= 4 is 0 Å². The van der Waals surface area contributed by atoms with Crippen LogP contribution in [0.15, 0.2) is 12.3 Å². The van der Waals surface area contributed by atoms with Gasteiger partial charge in [0.05, 0.1) is 12.7 Å². The van der Waals surface area contributed by atoms with Crippen LogP contribution in [0.5, 0.6) is 5.88 Å². The molecule has 1 saturated heterocycles. The minimum atomic E-state index is -1.14. The molecule has 2 N–H and O–H groups in total. The lowest BCUT2D eigenvalue weighted by Crippen LogP contribution is -2.48. The van der Waals surface area contributed by atoms with Crippen LogP contribution in [0.2, 0.25) is 0 Å². The maximum Gasteiger partial charge on any atom is 0.250 e. The number of methoxy groups -OCH3 is 1. The van der Waals surface area contributed by atoms with E-state index in [0.29, 0.717) is 25.1 Å². The molecule has 1 aromatic rings. The zero-order valence-corrected chi connectivity index (χ0v) is 10.7.